The quantitative estimate of drug-likeness (QED) is 0.741. The van der Waals surface area contributed by atoms with Crippen LogP contribution < -0.4 is 10.9 Å². The Hall–Kier alpha value is -2.74. The van der Waals surface area contributed by atoms with Crippen LogP contribution in [-0.2, 0) is 6.54 Å². The third kappa shape index (κ3) is 3.67. The lowest BCUT2D eigenvalue weighted by molar-refractivity contribution is 0.0698. The van der Waals surface area contributed by atoms with Gasteiger partial charge in [0.2, 0.25) is 0 Å². The Kier molecular flexibility index (Phi) is 4.84. The number of carboxylic acids is 1. The van der Waals surface area contributed by atoms with Crippen molar-refractivity contribution in [3.8, 4) is 0 Å². The highest BCUT2D eigenvalue weighted by molar-refractivity contribution is 5.95. The molecule has 0 aliphatic carbocycles. The summed E-state index contributed by atoms with van der Waals surface area (Å²) in [5.74, 6) is -1.61. The van der Waals surface area contributed by atoms with Gasteiger partial charge in [0.15, 0.2) is 5.82 Å². The molecule has 8 heteroatoms. The molecule has 0 atom stereocenters. The van der Waals surface area contributed by atoms with Crippen molar-refractivity contribution in [1.29, 1.82) is 0 Å². The number of aromatic nitrogens is 2. The molecule has 0 bridgehead atoms. The highest BCUT2D eigenvalue weighted by Crippen LogP contribution is 2.20. The van der Waals surface area contributed by atoms with Crippen molar-refractivity contribution in [3.05, 3.63) is 52.1 Å². The first-order chi connectivity index (χ1) is 10.5. The van der Waals surface area contributed by atoms with Crippen LogP contribution in [0.2, 0.25) is 0 Å². The molecular weight excluding hydrogens is 293 g/mol. The second kappa shape index (κ2) is 6.81. The van der Waals surface area contributed by atoms with Crippen LogP contribution in [-0.4, -0.2) is 32.6 Å². The molecule has 3 N–H and O–H groups in total. The Labute approximate surface area is 124 Å². The van der Waals surface area contributed by atoms with Crippen molar-refractivity contribution in [2.45, 2.75) is 13.0 Å². The summed E-state index contributed by atoms with van der Waals surface area (Å²) in [7, 11) is 0. The van der Waals surface area contributed by atoms with Crippen LogP contribution in [0.4, 0.5) is 15.9 Å². The summed E-state index contributed by atoms with van der Waals surface area (Å²) in [6, 6.07) is 5.85. The van der Waals surface area contributed by atoms with Crippen LogP contribution >= 0.6 is 0 Å². The molecule has 1 heterocycles. The van der Waals surface area contributed by atoms with Gasteiger partial charge in [-0.3, -0.25) is 4.79 Å². The Bertz CT molecular complexity index is 745. The van der Waals surface area contributed by atoms with Gasteiger partial charge in [0.1, 0.15) is 5.82 Å². The van der Waals surface area contributed by atoms with E-state index in [1.807, 2.05) is 0 Å². The summed E-state index contributed by atoms with van der Waals surface area (Å²) in [4.78, 5) is 22.7. The number of rotatable bonds is 6. The molecule has 7 nitrogen and oxygen atoms in total. The Morgan fingerprint density at radius 2 is 2.09 bits per heavy atom. The average Bonchev–Trinajstić information content (AvgIpc) is 2.47. The van der Waals surface area contributed by atoms with Gasteiger partial charge in [0, 0.05) is 19.2 Å². The molecule has 1 aromatic carbocycles. The van der Waals surface area contributed by atoms with Gasteiger partial charge in [-0.1, -0.05) is 0 Å². The van der Waals surface area contributed by atoms with E-state index in [9.17, 15) is 14.0 Å². The van der Waals surface area contributed by atoms with Crippen molar-refractivity contribution >= 4 is 17.5 Å². The fourth-order valence-electron chi connectivity index (χ4n) is 1.84. The van der Waals surface area contributed by atoms with E-state index in [-0.39, 0.29) is 35.8 Å². The molecular formula is C14H14FN3O4. The predicted octanol–water partition coefficient (Wildman–Crippen LogP) is 1.21. The van der Waals surface area contributed by atoms with E-state index in [1.165, 1.54) is 12.1 Å². The minimum absolute atomic E-state index is 0.0346. The number of hydrogen-bond donors (Lipinski definition) is 3. The van der Waals surface area contributed by atoms with Gasteiger partial charge in [-0.2, -0.15) is 5.10 Å². The summed E-state index contributed by atoms with van der Waals surface area (Å²) in [6.45, 7) is 0.138. The molecule has 0 aliphatic rings. The highest BCUT2D eigenvalue weighted by atomic mass is 19.1. The molecule has 0 saturated carbocycles. The number of nitrogens with one attached hydrogen (secondary N) is 1. The lowest BCUT2D eigenvalue weighted by Crippen LogP contribution is -2.23. The van der Waals surface area contributed by atoms with E-state index in [1.54, 1.807) is 0 Å². The van der Waals surface area contributed by atoms with E-state index in [0.717, 1.165) is 22.9 Å². The third-order valence-electron chi connectivity index (χ3n) is 2.87. The van der Waals surface area contributed by atoms with E-state index >= 15 is 0 Å². The summed E-state index contributed by atoms with van der Waals surface area (Å²) in [5.41, 5.74) is -0.430. The number of anilines is 2. The van der Waals surface area contributed by atoms with E-state index in [0.29, 0.717) is 6.42 Å². The van der Waals surface area contributed by atoms with Crippen LogP contribution in [0.3, 0.4) is 0 Å². The largest absolute Gasteiger partial charge is 0.478 e. The molecule has 0 fully saturated rings. The van der Waals surface area contributed by atoms with Gasteiger partial charge in [0.05, 0.1) is 11.3 Å². The van der Waals surface area contributed by atoms with Crippen molar-refractivity contribution < 1.29 is 19.4 Å². The number of carboxylic acid groups (broad SMARTS) is 1. The van der Waals surface area contributed by atoms with Gasteiger partial charge in [0.25, 0.3) is 5.56 Å². The summed E-state index contributed by atoms with van der Waals surface area (Å²) >= 11 is 0. The Morgan fingerprint density at radius 3 is 2.77 bits per heavy atom. The monoisotopic (exact) mass is 307 g/mol. The first kappa shape index (κ1) is 15.6. The maximum Gasteiger partial charge on any atom is 0.337 e. The number of aliphatic hydroxyl groups is 1. The van der Waals surface area contributed by atoms with Crippen LogP contribution in [0.1, 0.15) is 16.8 Å². The number of benzene rings is 1. The average molecular weight is 307 g/mol. The fourth-order valence-corrected chi connectivity index (χ4v) is 1.84. The lowest BCUT2D eigenvalue weighted by atomic mass is 10.1. The summed E-state index contributed by atoms with van der Waals surface area (Å²) in [5, 5.41) is 24.6. The van der Waals surface area contributed by atoms with Crippen LogP contribution in [0, 0.1) is 5.82 Å². The first-order valence-electron chi connectivity index (χ1n) is 6.50. The normalized spacial score (nSPS) is 10.5. The predicted molar refractivity (Wildman–Crippen MR) is 76.8 cm³/mol. The molecule has 0 saturated heterocycles. The summed E-state index contributed by atoms with van der Waals surface area (Å²) in [6.07, 6.45) is 0.358. The molecule has 1 aromatic heterocycles. The number of halogens is 1. The molecule has 0 radical (unpaired) electrons. The highest BCUT2D eigenvalue weighted by Gasteiger charge is 2.12. The minimum Gasteiger partial charge on any atom is -0.478 e. The number of aromatic carboxylic acids is 1. The van der Waals surface area contributed by atoms with E-state index < -0.39 is 11.8 Å². The molecule has 0 aliphatic heterocycles. The zero-order valence-corrected chi connectivity index (χ0v) is 11.5. The van der Waals surface area contributed by atoms with E-state index in [4.69, 9.17) is 10.2 Å². The maximum absolute atomic E-state index is 13.3. The zero-order valence-electron chi connectivity index (χ0n) is 11.5. The smallest absolute Gasteiger partial charge is 0.337 e. The van der Waals surface area contributed by atoms with Crippen LogP contribution in [0.25, 0.3) is 0 Å². The first-order valence-corrected chi connectivity index (χ1v) is 6.50. The summed E-state index contributed by atoms with van der Waals surface area (Å²) < 4.78 is 14.4. The molecule has 0 amide bonds. The van der Waals surface area contributed by atoms with Gasteiger partial charge in [-0.25, -0.2) is 13.9 Å². The lowest BCUT2D eigenvalue weighted by Gasteiger charge is -2.10. The second-order valence-electron chi connectivity index (χ2n) is 4.48. The van der Waals surface area contributed by atoms with Crippen molar-refractivity contribution in [1.82, 2.24) is 9.78 Å². The van der Waals surface area contributed by atoms with Gasteiger partial charge in [-0.15, -0.1) is 0 Å². The molecule has 0 unspecified atom stereocenters. The van der Waals surface area contributed by atoms with Gasteiger partial charge in [-0.05, 0) is 30.7 Å². The van der Waals surface area contributed by atoms with Crippen molar-refractivity contribution in [3.63, 3.8) is 0 Å². The minimum atomic E-state index is -1.21. The standard InChI is InChI=1S/C14H14FN3O4/c15-9-2-3-10(14(21)22)11(8-9)16-12-4-5-13(20)18(17-12)6-1-7-19/h2-5,8,19H,1,6-7H2,(H,16,17)(H,21,22). The third-order valence-corrected chi connectivity index (χ3v) is 2.87. The fraction of sp³-hybridized carbons (Fsp3) is 0.214. The molecule has 2 rings (SSSR count). The SMILES string of the molecule is O=C(O)c1ccc(F)cc1Nc1ccc(=O)n(CCCO)n1. The Morgan fingerprint density at radius 1 is 1.32 bits per heavy atom. The topological polar surface area (TPSA) is 104 Å². The molecule has 116 valence electrons. The maximum atomic E-state index is 13.3. The molecule has 22 heavy (non-hydrogen) atoms. The van der Waals surface area contributed by atoms with Crippen LogP contribution in [0.5, 0.6) is 0 Å². The van der Waals surface area contributed by atoms with Crippen molar-refractivity contribution in [2.24, 2.45) is 0 Å². The van der Waals surface area contributed by atoms with Crippen LogP contribution in [0.15, 0.2) is 35.1 Å². The van der Waals surface area contributed by atoms with Gasteiger partial charge < -0.3 is 15.5 Å². The number of aliphatic hydroxyl groups excluding tert-OH is 1. The molecule has 0 spiro atoms. The number of aryl methyl sites for hydroxylation is 1. The Balaban J connectivity index is 2.33. The van der Waals surface area contributed by atoms with Crippen molar-refractivity contribution in [2.75, 3.05) is 11.9 Å². The zero-order chi connectivity index (χ0) is 16.1. The second-order valence-corrected chi connectivity index (χ2v) is 4.48. The van der Waals surface area contributed by atoms with Gasteiger partial charge >= 0.3 is 5.97 Å². The molecule has 2 aromatic rings. The number of carbonyl (C=O) groups is 1. The number of hydrogen-bond acceptors (Lipinski definition) is 5. The number of nitrogens with zero attached hydrogens (tertiary/aromatic N) is 2. The van der Waals surface area contributed by atoms with E-state index in [2.05, 4.69) is 10.4 Å².